The van der Waals surface area contributed by atoms with Crippen LogP contribution in [0.5, 0.6) is 5.75 Å². The van der Waals surface area contributed by atoms with E-state index in [1.165, 1.54) is 24.5 Å². The van der Waals surface area contributed by atoms with Gasteiger partial charge in [0, 0.05) is 9.90 Å². The minimum Gasteiger partial charge on any atom is -0.495 e. The summed E-state index contributed by atoms with van der Waals surface area (Å²) in [6.45, 7) is 3.71. The van der Waals surface area contributed by atoms with E-state index in [1.807, 2.05) is 0 Å². The molecule has 0 atom stereocenters. The van der Waals surface area contributed by atoms with Gasteiger partial charge >= 0.3 is 5.97 Å². The van der Waals surface area contributed by atoms with Crippen molar-refractivity contribution in [3.8, 4) is 5.75 Å². The van der Waals surface area contributed by atoms with Gasteiger partial charge in [0.25, 0.3) is 10.0 Å². The lowest BCUT2D eigenvalue weighted by Gasteiger charge is -2.14. The molecule has 0 saturated carbocycles. The topological polar surface area (TPSA) is 81.7 Å². The van der Waals surface area contributed by atoms with Crippen LogP contribution in [0, 0.1) is 6.92 Å². The molecule has 28 heavy (non-hydrogen) atoms. The SMILES string of the molecule is CCOC(=O)c1c(NS(=O)(=O)c2cc(Cl)c(C)cc2OC)sc2c1CCCC2. The molecule has 0 aliphatic heterocycles. The van der Waals surface area contributed by atoms with E-state index in [2.05, 4.69) is 4.72 Å². The lowest BCUT2D eigenvalue weighted by atomic mass is 9.95. The Bertz CT molecular complexity index is 1010. The number of carbonyl (C=O) groups excluding carboxylic acids is 1. The third kappa shape index (κ3) is 3.99. The fourth-order valence-corrected chi connectivity index (χ4v) is 6.23. The van der Waals surface area contributed by atoms with Crippen molar-refractivity contribution in [1.29, 1.82) is 0 Å². The van der Waals surface area contributed by atoms with Crippen molar-refractivity contribution in [3.63, 3.8) is 0 Å². The second-order valence-corrected chi connectivity index (χ2v) is 9.66. The average molecular weight is 444 g/mol. The summed E-state index contributed by atoms with van der Waals surface area (Å²) in [4.78, 5) is 13.5. The van der Waals surface area contributed by atoms with Crippen LogP contribution in [0.2, 0.25) is 5.02 Å². The van der Waals surface area contributed by atoms with E-state index in [-0.39, 0.29) is 22.3 Å². The molecular weight excluding hydrogens is 422 g/mol. The number of fused-ring (bicyclic) bond motifs is 1. The molecule has 0 amide bonds. The summed E-state index contributed by atoms with van der Waals surface area (Å²) in [5, 5.41) is 0.598. The maximum Gasteiger partial charge on any atom is 0.341 e. The second-order valence-electron chi connectivity index (χ2n) is 6.49. The van der Waals surface area contributed by atoms with Gasteiger partial charge in [-0.05, 0) is 62.8 Å². The highest BCUT2D eigenvalue weighted by Gasteiger charge is 2.30. The molecule has 6 nitrogen and oxygen atoms in total. The molecule has 0 spiro atoms. The number of aryl methyl sites for hydroxylation is 2. The Morgan fingerprint density at radius 1 is 1.29 bits per heavy atom. The van der Waals surface area contributed by atoms with Gasteiger partial charge < -0.3 is 9.47 Å². The van der Waals surface area contributed by atoms with Crippen LogP contribution in [-0.4, -0.2) is 28.1 Å². The lowest BCUT2D eigenvalue weighted by molar-refractivity contribution is 0.0526. The van der Waals surface area contributed by atoms with E-state index in [0.29, 0.717) is 16.1 Å². The number of ether oxygens (including phenoxy) is 2. The van der Waals surface area contributed by atoms with Crippen molar-refractivity contribution in [2.45, 2.75) is 44.4 Å². The number of benzene rings is 1. The maximum absolute atomic E-state index is 13.1. The fourth-order valence-electron chi connectivity index (χ4n) is 3.24. The number of thiophene rings is 1. The van der Waals surface area contributed by atoms with Crippen LogP contribution in [-0.2, 0) is 27.6 Å². The molecule has 9 heteroatoms. The Kier molecular flexibility index (Phi) is 6.21. The molecule has 1 aromatic heterocycles. The van der Waals surface area contributed by atoms with E-state index in [1.54, 1.807) is 19.9 Å². The minimum absolute atomic E-state index is 0.0771. The van der Waals surface area contributed by atoms with Crippen LogP contribution in [0.4, 0.5) is 5.00 Å². The highest BCUT2D eigenvalue weighted by molar-refractivity contribution is 7.93. The van der Waals surface area contributed by atoms with E-state index in [9.17, 15) is 13.2 Å². The first-order valence-corrected chi connectivity index (χ1v) is 11.6. The number of methoxy groups -OCH3 is 1. The number of rotatable bonds is 6. The Labute approximate surface area is 173 Å². The molecular formula is C19H22ClNO5S2. The van der Waals surface area contributed by atoms with Crippen molar-refractivity contribution in [2.75, 3.05) is 18.4 Å². The summed E-state index contributed by atoms with van der Waals surface area (Å²) < 4.78 is 39.2. The van der Waals surface area contributed by atoms with Crippen molar-refractivity contribution in [1.82, 2.24) is 0 Å². The number of esters is 1. The fraction of sp³-hybridized carbons (Fsp3) is 0.421. The summed E-state index contributed by atoms with van der Waals surface area (Å²) in [7, 11) is -2.62. The van der Waals surface area contributed by atoms with E-state index < -0.39 is 16.0 Å². The first-order chi connectivity index (χ1) is 13.3. The molecule has 0 radical (unpaired) electrons. The average Bonchev–Trinajstić information content (AvgIpc) is 3.00. The van der Waals surface area contributed by atoms with Gasteiger partial charge in [-0.2, -0.15) is 0 Å². The number of nitrogens with one attached hydrogen (secondary N) is 1. The number of anilines is 1. The summed E-state index contributed by atoms with van der Waals surface area (Å²) >= 11 is 7.43. The lowest BCUT2D eigenvalue weighted by Crippen LogP contribution is -2.17. The Balaban J connectivity index is 2.07. The smallest absolute Gasteiger partial charge is 0.341 e. The van der Waals surface area contributed by atoms with E-state index in [0.717, 1.165) is 36.1 Å². The van der Waals surface area contributed by atoms with Crippen LogP contribution >= 0.6 is 22.9 Å². The van der Waals surface area contributed by atoms with Gasteiger partial charge in [0.2, 0.25) is 0 Å². The first-order valence-electron chi connectivity index (χ1n) is 8.97. The number of hydrogen-bond acceptors (Lipinski definition) is 6. The van der Waals surface area contributed by atoms with Crippen molar-refractivity contribution in [3.05, 3.63) is 38.7 Å². The summed E-state index contributed by atoms with van der Waals surface area (Å²) in [6, 6.07) is 2.93. The van der Waals surface area contributed by atoms with Gasteiger partial charge in [-0.25, -0.2) is 13.2 Å². The van der Waals surface area contributed by atoms with Gasteiger partial charge in [-0.1, -0.05) is 11.6 Å². The number of halogens is 1. The van der Waals surface area contributed by atoms with Crippen molar-refractivity contribution < 1.29 is 22.7 Å². The van der Waals surface area contributed by atoms with Crippen LogP contribution in [0.15, 0.2) is 17.0 Å². The molecule has 0 fully saturated rings. The zero-order valence-electron chi connectivity index (χ0n) is 15.9. The number of sulfonamides is 1. The standard InChI is InChI=1S/C19H22ClNO5S2/c1-4-26-19(22)17-12-7-5-6-8-15(12)27-18(17)21-28(23,24)16-10-13(20)11(2)9-14(16)25-3/h9-10,21H,4-8H2,1-3H3. The molecule has 1 aliphatic carbocycles. The summed E-state index contributed by atoms with van der Waals surface area (Å²) in [5.74, 6) is -0.318. The summed E-state index contributed by atoms with van der Waals surface area (Å²) in [6.07, 6.45) is 3.54. The van der Waals surface area contributed by atoms with Gasteiger partial charge in [0.1, 0.15) is 15.6 Å². The highest BCUT2D eigenvalue weighted by Crippen LogP contribution is 2.40. The van der Waals surface area contributed by atoms with E-state index in [4.69, 9.17) is 21.1 Å². The number of hydrogen-bond donors (Lipinski definition) is 1. The minimum atomic E-state index is -4.02. The Morgan fingerprint density at radius 2 is 2.00 bits per heavy atom. The third-order valence-electron chi connectivity index (χ3n) is 4.61. The normalized spacial score (nSPS) is 13.7. The molecule has 1 aromatic carbocycles. The monoisotopic (exact) mass is 443 g/mol. The predicted molar refractivity (Wildman–Crippen MR) is 110 cm³/mol. The van der Waals surface area contributed by atoms with Crippen LogP contribution in [0.1, 0.15) is 46.1 Å². The largest absolute Gasteiger partial charge is 0.495 e. The maximum atomic E-state index is 13.1. The molecule has 0 unspecified atom stereocenters. The van der Waals surface area contributed by atoms with Gasteiger partial charge in [0.15, 0.2) is 0 Å². The second kappa shape index (κ2) is 8.31. The van der Waals surface area contributed by atoms with E-state index >= 15 is 0 Å². The summed E-state index contributed by atoms with van der Waals surface area (Å²) in [5.41, 5.74) is 1.92. The van der Waals surface area contributed by atoms with Crippen LogP contribution in [0.3, 0.4) is 0 Å². The molecule has 2 aromatic rings. The van der Waals surface area contributed by atoms with Crippen molar-refractivity contribution >= 4 is 43.9 Å². The highest BCUT2D eigenvalue weighted by atomic mass is 35.5. The Morgan fingerprint density at radius 3 is 2.68 bits per heavy atom. The molecule has 1 aliphatic rings. The van der Waals surface area contributed by atoms with Crippen LogP contribution < -0.4 is 9.46 Å². The predicted octanol–water partition coefficient (Wildman–Crippen LogP) is 4.57. The molecule has 3 rings (SSSR count). The van der Waals surface area contributed by atoms with Gasteiger partial charge in [-0.3, -0.25) is 4.72 Å². The van der Waals surface area contributed by atoms with Gasteiger partial charge in [0.05, 0.1) is 19.3 Å². The third-order valence-corrected chi connectivity index (χ3v) is 7.73. The molecule has 1 N–H and O–H groups in total. The molecule has 152 valence electrons. The molecule has 1 heterocycles. The molecule has 0 bridgehead atoms. The van der Waals surface area contributed by atoms with Gasteiger partial charge in [-0.15, -0.1) is 11.3 Å². The Hall–Kier alpha value is -1.77. The zero-order valence-corrected chi connectivity index (χ0v) is 18.3. The van der Waals surface area contributed by atoms with Crippen molar-refractivity contribution in [2.24, 2.45) is 0 Å². The number of carbonyl (C=O) groups is 1. The van der Waals surface area contributed by atoms with Crippen LogP contribution in [0.25, 0.3) is 0 Å². The first kappa shape index (κ1) is 21.0. The zero-order chi connectivity index (χ0) is 20.5. The molecule has 0 saturated heterocycles. The quantitative estimate of drug-likeness (QED) is 0.661.